The third-order valence-electron chi connectivity index (χ3n) is 2.44. The fraction of sp³-hybridized carbons (Fsp3) is 1.00. The van der Waals surface area contributed by atoms with E-state index in [4.69, 9.17) is 0 Å². The Morgan fingerprint density at radius 2 is 2.00 bits per heavy atom. The highest BCUT2D eigenvalue weighted by Gasteiger charge is 2.45. The summed E-state index contributed by atoms with van der Waals surface area (Å²) in [5.74, 6) is 0.310. The molecule has 0 unspecified atom stereocenters. The first-order valence-corrected chi connectivity index (χ1v) is 3.38. The topological polar surface area (TPSA) is 52.5 Å². The lowest BCUT2D eigenvalue weighted by molar-refractivity contribution is -0.00445. The number of nitrogens with one attached hydrogen (secondary N) is 1. The zero-order chi connectivity index (χ0) is 6.43. The maximum atomic E-state index is 9.20. The van der Waals surface area contributed by atoms with E-state index < -0.39 is 12.2 Å². The SMILES string of the molecule is O[C@H]1[C@@H]2CN[C@@H](C2)[C@H]1O. The molecule has 1 saturated heterocycles. The van der Waals surface area contributed by atoms with Crippen LogP contribution >= 0.6 is 0 Å². The molecule has 2 aliphatic rings. The summed E-state index contributed by atoms with van der Waals surface area (Å²) in [4.78, 5) is 0. The largest absolute Gasteiger partial charge is 0.390 e. The van der Waals surface area contributed by atoms with Gasteiger partial charge in [0.1, 0.15) is 0 Å². The van der Waals surface area contributed by atoms with Gasteiger partial charge in [-0.1, -0.05) is 0 Å². The Balaban J connectivity index is 2.15. The number of hydrogen-bond acceptors (Lipinski definition) is 3. The average molecular weight is 129 g/mol. The summed E-state index contributed by atoms with van der Waals surface area (Å²) in [7, 11) is 0. The van der Waals surface area contributed by atoms with Crippen molar-refractivity contribution >= 4 is 0 Å². The van der Waals surface area contributed by atoms with Gasteiger partial charge < -0.3 is 15.5 Å². The smallest absolute Gasteiger partial charge is 0.0954 e. The summed E-state index contributed by atoms with van der Waals surface area (Å²) < 4.78 is 0. The summed E-state index contributed by atoms with van der Waals surface area (Å²) in [6.45, 7) is 0.878. The quantitative estimate of drug-likeness (QED) is 0.381. The molecule has 3 nitrogen and oxygen atoms in total. The molecule has 3 N–H and O–H groups in total. The Labute approximate surface area is 53.7 Å². The molecular formula is C6H11NO2. The molecule has 2 fully saturated rings. The van der Waals surface area contributed by atoms with Crippen LogP contribution in [0.3, 0.4) is 0 Å². The first kappa shape index (κ1) is 5.65. The highest BCUT2D eigenvalue weighted by molar-refractivity contribution is 5.01. The molecule has 52 valence electrons. The molecule has 3 heteroatoms. The molecule has 0 amide bonds. The van der Waals surface area contributed by atoms with Crippen molar-refractivity contribution in [2.45, 2.75) is 24.7 Å². The molecule has 1 aliphatic carbocycles. The van der Waals surface area contributed by atoms with Gasteiger partial charge in [0.05, 0.1) is 12.2 Å². The molecule has 0 aromatic heterocycles. The van der Waals surface area contributed by atoms with E-state index in [-0.39, 0.29) is 6.04 Å². The monoisotopic (exact) mass is 129 g/mol. The van der Waals surface area contributed by atoms with Gasteiger partial charge in [-0.05, 0) is 6.42 Å². The molecule has 1 heterocycles. The minimum absolute atomic E-state index is 0.171. The van der Waals surface area contributed by atoms with E-state index >= 15 is 0 Å². The minimum Gasteiger partial charge on any atom is -0.390 e. The van der Waals surface area contributed by atoms with E-state index in [1.165, 1.54) is 0 Å². The van der Waals surface area contributed by atoms with Crippen molar-refractivity contribution in [2.75, 3.05) is 6.54 Å². The second kappa shape index (κ2) is 1.68. The first-order valence-electron chi connectivity index (χ1n) is 3.38. The van der Waals surface area contributed by atoms with Gasteiger partial charge in [-0.2, -0.15) is 0 Å². The van der Waals surface area contributed by atoms with Crippen molar-refractivity contribution in [3.8, 4) is 0 Å². The van der Waals surface area contributed by atoms with Crippen LogP contribution < -0.4 is 5.32 Å². The third kappa shape index (κ3) is 0.625. The van der Waals surface area contributed by atoms with E-state index in [9.17, 15) is 10.2 Å². The van der Waals surface area contributed by atoms with Crippen molar-refractivity contribution < 1.29 is 10.2 Å². The number of hydrogen-bond donors (Lipinski definition) is 3. The number of aliphatic hydroxyl groups is 2. The van der Waals surface area contributed by atoms with Crippen molar-refractivity contribution in [3.05, 3.63) is 0 Å². The highest BCUT2D eigenvalue weighted by atomic mass is 16.3. The maximum Gasteiger partial charge on any atom is 0.0954 e. The lowest BCUT2D eigenvalue weighted by Crippen LogP contribution is -2.45. The predicted molar refractivity (Wildman–Crippen MR) is 31.9 cm³/mol. The van der Waals surface area contributed by atoms with E-state index in [1.807, 2.05) is 0 Å². The number of fused-ring (bicyclic) bond motifs is 2. The standard InChI is InChI=1S/C6H11NO2/c8-5-3-1-4(6(5)9)7-2-3/h3-9H,1-2H2/t3-,4-,5-,6+/m0/s1. The molecule has 2 bridgehead atoms. The predicted octanol–water partition coefficient (Wildman–Crippen LogP) is -1.30. The van der Waals surface area contributed by atoms with Gasteiger partial charge in [-0.15, -0.1) is 0 Å². The zero-order valence-corrected chi connectivity index (χ0v) is 5.12. The molecule has 2 rings (SSSR count). The number of aliphatic hydroxyl groups excluding tert-OH is 2. The number of piperidine rings is 1. The van der Waals surface area contributed by atoms with Gasteiger partial charge >= 0.3 is 0 Å². The third-order valence-corrected chi connectivity index (χ3v) is 2.44. The van der Waals surface area contributed by atoms with Crippen LogP contribution in [-0.2, 0) is 0 Å². The number of rotatable bonds is 0. The zero-order valence-electron chi connectivity index (χ0n) is 5.12. The van der Waals surface area contributed by atoms with Crippen molar-refractivity contribution in [2.24, 2.45) is 5.92 Å². The minimum atomic E-state index is -0.510. The van der Waals surface area contributed by atoms with E-state index in [0.29, 0.717) is 5.92 Å². The Morgan fingerprint density at radius 1 is 1.22 bits per heavy atom. The second-order valence-corrected chi connectivity index (χ2v) is 2.99. The van der Waals surface area contributed by atoms with Gasteiger partial charge in [0, 0.05) is 18.5 Å². The normalized spacial score (nSPS) is 56.7. The van der Waals surface area contributed by atoms with Crippen molar-refractivity contribution in [3.63, 3.8) is 0 Å². The molecule has 9 heavy (non-hydrogen) atoms. The van der Waals surface area contributed by atoms with Gasteiger partial charge in [-0.3, -0.25) is 0 Å². The summed E-state index contributed by atoms with van der Waals surface area (Å²) in [5, 5.41) is 21.5. The fourth-order valence-corrected chi connectivity index (χ4v) is 1.83. The van der Waals surface area contributed by atoms with Gasteiger partial charge in [0.2, 0.25) is 0 Å². The second-order valence-electron chi connectivity index (χ2n) is 2.99. The summed E-state index contributed by atoms with van der Waals surface area (Å²) in [6.07, 6.45) is -0.0255. The van der Waals surface area contributed by atoms with Crippen molar-refractivity contribution in [1.82, 2.24) is 5.32 Å². The molecule has 1 saturated carbocycles. The Kier molecular flexibility index (Phi) is 1.06. The highest BCUT2D eigenvalue weighted by Crippen LogP contribution is 2.31. The molecule has 0 aromatic rings. The Hall–Kier alpha value is -0.120. The van der Waals surface area contributed by atoms with Crippen LogP contribution in [0.2, 0.25) is 0 Å². The van der Waals surface area contributed by atoms with Gasteiger partial charge in [-0.25, -0.2) is 0 Å². The summed E-state index contributed by atoms with van der Waals surface area (Å²) in [6, 6.07) is 0.171. The van der Waals surface area contributed by atoms with Crippen LogP contribution in [0.15, 0.2) is 0 Å². The first-order chi connectivity index (χ1) is 4.29. The fourth-order valence-electron chi connectivity index (χ4n) is 1.83. The molecule has 0 aromatic carbocycles. The molecule has 0 spiro atoms. The Bertz CT molecular complexity index is 110. The van der Waals surface area contributed by atoms with Crippen LogP contribution in [0.4, 0.5) is 0 Å². The Morgan fingerprint density at radius 3 is 2.33 bits per heavy atom. The lowest BCUT2D eigenvalue weighted by Gasteiger charge is -2.22. The maximum absolute atomic E-state index is 9.20. The van der Waals surface area contributed by atoms with Crippen LogP contribution in [0.5, 0.6) is 0 Å². The van der Waals surface area contributed by atoms with Crippen LogP contribution in [-0.4, -0.2) is 35.0 Å². The van der Waals surface area contributed by atoms with E-state index in [0.717, 1.165) is 13.0 Å². The van der Waals surface area contributed by atoms with Crippen LogP contribution in [0, 0.1) is 5.92 Å². The lowest BCUT2D eigenvalue weighted by atomic mass is 10.1. The summed E-state index contributed by atoms with van der Waals surface area (Å²) >= 11 is 0. The molecule has 1 aliphatic heterocycles. The molecule has 0 radical (unpaired) electrons. The van der Waals surface area contributed by atoms with Gasteiger partial charge in [0.25, 0.3) is 0 Å². The van der Waals surface area contributed by atoms with Crippen LogP contribution in [0.25, 0.3) is 0 Å². The molecule has 4 atom stereocenters. The van der Waals surface area contributed by atoms with Crippen LogP contribution in [0.1, 0.15) is 6.42 Å². The van der Waals surface area contributed by atoms with E-state index in [2.05, 4.69) is 5.32 Å². The van der Waals surface area contributed by atoms with Crippen molar-refractivity contribution in [1.29, 1.82) is 0 Å². The molecular weight excluding hydrogens is 118 g/mol. The average Bonchev–Trinajstić information content (AvgIpc) is 2.37. The van der Waals surface area contributed by atoms with Gasteiger partial charge in [0.15, 0.2) is 0 Å². The summed E-state index contributed by atoms with van der Waals surface area (Å²) in [5.41, 5.74) is 0. The van der Waals surface area contributed by atoms with E-state index in [1.54, 1.807) is 0 Å².